The summed E-state index contributed by atoms with van der Waals surface area (Å²) in [7, 11) is 0. The molecule has 0 radical (unpaired) electrons. The highest BCUT2D eigenvalue weighted by Gasteiger charge is 2.49. The molecule has 5 heterocycles. The van der Waals surface area contributed by atoms with Crippen LogP contribution in [0.2, 0.25) is 0 Å². The fraction of sp³-hybridized carbons (Fsp3) is 0.400. The maximum Gasteiger partial charge on any atom is 0.266 e. The Hall–Kier alpha value is -5.20. The summed E-state index contributed by atoms with van der Waals surface area (Å²) in [4.78, 5) is 16.1. The molecule has 4 aliphatic rings. The van der Waals surface area contributed by atoms with Gasteiger partial charge in [0, 0.05) is 43.8 Å². The van der Waals surface area contributed by atoms with E-state index < -0.39 is 0 Å². The molecule has 336 valence electrons. The molecule has 66 heavy (non-hydrogen) atoms. The molecule has 3 aromatic heterocycles. The van der Waals surface area contributed by atoms with Crippen molar-refractivity contribution in [3.8, 4) is 11.4 Å². The first-order chi connectivity index (χ1) is 30.9. The zero-order valence-electron chi connectivity index (χ0n) is 41.9. The summed E-state index contributed by atoms with van der Waals surface area (Å²) >= 11 is 1.98. The molecule has 0 bridgehead atoms. The van der Waals surface area contributed by atoms with Crippen LogP contribution in [-0.4, -0.2) is 16.7 Å². The highest BCUT2D eigenvalue weighted by Crippen LogP contribution is 2.54. The lowest BCUT2D eigenvalue weighted by molar-refractivity contribution is 0.332. The molecule has 2 aliphatic carbocycles. The predicted octanol–water partition coefficient (Wildman–Crippen LogP) is 14.7. The van der Waals surface area contributed by atoms with E-state index in [-0.39, 0.29) is 39.2 Å². The number of fused-ring (bicyclic) bond motifs is 8. The van der Waals surface area contributed by atoms with Crippen molar-refractivity contribution >= 4 is 78.1 Å². The molecule has 4 nitrogen and oxygen atoms in total. The van der Waals surface area contributed by atoms with Gasteiger partial charge in [0.15, 0.2) is 0 Å². The molecule has 0 saturated carbocycles. The van der Waals surface area contributed by atoms with Gasteiger partial charge in [-0.1, -0.05) is 133 Å². The number of anilines is 6. The number of pyridine rings is 2. The van der Waals surface area contributed by atoms with Gasteiger partial charge in [-0.3, -0.25) is 9.88 Å². The third-order valence-electron chi connectivity index (χ3n) is 16.4. The SMILES string of the molecule is CC(C)(C)c1ccc(N2c3cc(-c4ccccn4)nc4c3B(c3cc5c(cc3N4c3ccc4c(c3)C(C)(C)CCC4(C)C)C(C)(C)CCC5(C)C)c3sc4ccc(C(C)(C)C)cc4c32)cc1. The summed E-state index contributed by atoms with van der Waals surface area (Å²) in [5.41, 5.74) is 19.2. The Morgan fingerprint density at radius 3 is 1.76 bits per heavy atom. The first kappa shape index (κ1) is 43.4. The van der Waals surface area contributed by atoms with Crippen LogP contribution in [0, 0.1) is 0 Å². The van der Waals surface area contributed by atoms with Gasteiger partial charge in [-0.15, -0.1) is 11.3 Å². The van der Waals surface area contributed by atoms with Crippen molar-refractivity contribution < 1.29 is 0 Å². The topological polar surface area (TPSA) is 32.3 Å². The van der Waals surface area contributed by atoms with Crippen LogP contribution in [0.4, 0.5) is 34.3 Å². The van der Waals surface area contributed by atoms with Gasteiger partial charge in [0.1, 0.15) is 5.82 Å². The largest absolute Gasteiger partial charge is 0.310 e. The van der Waals surface area contributed by atoms with Gasteiger partial charge < -0.3 is 4.90 Å². The van der Waals surface area contributed by atoms with E-state index in [9.17, 15) is 0 Å². The van der Waals surface area contributed by atoms with E-state index in [1.165, 1.54) is 88.3 Å². The van der Waals surface area contributed by atoms with Gasteiger partial charge in [0.2, 0.25) is 0 Å². The van der Waals surface area contributed by atoms with Crippen LogP contribution in [0.1, 0.15) is 156 Å². The van der Waals surface area contributed by atoms with Crippen LogP contribution in [0.25, 0.3) is 21.5 Å². The van der Waals surface area contributed by atoms with Crippen molar-refractivity contribution in [2.24, 2.45) is 0 Å². The minimum atomic E-state index is -0.0266. The standard InChI is InChI=1S/C60H67BN4S/c1-55(2,3)36-18-21-38(22-19-36)64-49-35-47(46-17-15-16-30-62-46)63-54-51(49)61(53-52(64)40-31-37(56(4,5)6)20-25-50(40)66-53)45-33-43-44(60(13,14)29-28-59(43,11)12)34-48(45)65(54)39-23-24-41-42(32-39)58(9,10)27-26-57(41,7)8/h15-25,30-35H,26-29H2,1-14H3. The van der Waals surface area contributed by atoms with Gasteiger partial charge >= 0.3 is 0 Å². The maximum absolute atomic E-state index is 5.88. The van der Waals surface area contributed by atoms with Crippen molar-refractivity contribution in [1.82, 2.24) is 9.97 Å². The summed E-state index contributed by atoms with van der Waals surface area (Å²) in [6, 6.07) is 37.9. The third-order valence-corrected chi connectivity index (χ3v) is 17.6. The molecule has 4 aromatic carbocycles. The van der Waals surface area contributed by atoms with Crippen molar-refractivity contribution in [1.29, 1.82) is 0 Å². The number of benzene rings is 4. The first-order valence-corrected chi connectivity index (χ1v) is 25.3. The summed E-state index contributed by atoms with van der Waals surface area (Å²) in [5.74, 6) is 1.00. The van der Waals surface area contributed by atoms with Crippen molar-refractivity contribution in [2.75, 3.05) is 9.80 Å². The normalized spacial score (nSPS) is 18.6. The van der Waals surface area contributed by atoms with Crippen LogP contribution in [0.15, 0.2) is 103 Å². The number of thiophene rings is 1. The number of hydrogen-bond acceptors (Lipinski definition) is 5. The Morgan fingerprint density at radius 1 is 0.545 bits per heavy atom. The van der Waals surface area contributed by atoms with E-state index in [1.54, 1.807) is 0 Å². The molecule has 0 amide bonds. The minimum absolute atomic E-state index is 0.00788. The molecule has 0 fully saturated rings. The Kier molecular flexibility index (Phi) is 9.31. The average Bonchev–Trinajstić information content (AvgIpc) is 3.64. The Morgan fingerprint density at radius 2 is 1.14 bits per heavy atom. The quantitative estimate of drug-likeness (QED) is 0.166. The molecular formula is C60H67BN4S. The van der Waals surface area contributed by atoms with Gasteiger partial charge in [0.05, 0.1) is 17.1 Å². The first-order valence-electron chi connectivity index (χ1n) is 24.5. The van der Waals surface area contributed by atoms with Crippen molar-refractivity contribution in [2.45, 2.75) is 155 Å². The van der Waals surface area contributed by atoms with E-state index in [2.05, 4.69) is 198 Å². The zero-order chi connectivity index (χ0) is 46.7. The third kappa shape index (κ3) is 6.58. The van der Waals surface area contributed by atoms with Crippen LogP contribution >= 0.6 is 11.3 Å². The fourth-order valence-corrected chi connectivity index (χ4v) is 13.2. The molecule has 0 N–H and O–H groups in total. The lowest BCUT2D eigenvalue weighted by Gasteiger charge is -2.47. The predicted molar refractivity (Wildman–Crippen MR) is 285 cm³/mol. The molecule has 11 rings (SSSR count). The van der Waals surface area contributed by atoms with E-state index in [4.69, 9.17) is 9.97 Å². The monoisotopic (exact) mass is 887 g/mol. The van der Waals surface area contributed by atoms with Crippen LogP contribution in [0.3, 0.4) is 0 Å². The average molecular weight is 887 g/mol. The summed E-state index contributed by atoms with van der Waals surface area (Å²) in [6.07, 6.45) is 6.56. The van der Waals surface area contributed by atoms with E-state index in [1.807, 2.05) is 23.6 Å². The lowest BCUT2D eigenvalue weighted by atomic mass is 9.36. The van der Waals surface area contributed by atoms with Gasteiger partial charge in [0.25, 0.3) is 6.71 Å². The van der Waals surface area contributed by atoms with E-state index in [0.29, 0.717) is 0 Å². The number of nitrogens with zero attached hydrogens (tertiary/aromatic N) is 4. The smallest absolute Gasteiger partial charge is 0.266 e. The summed E-state index contributed by atoms with van der Waals surface area (Å²) < 4.78 is 2.71. The Bertz CT molecular complexity index is 3120. The van der Waals surface area contributed by atoms with E-state index >= 15 is 0 Å². The second-order valence-electron chi connectivity index (χ2n) is 24.9. The molecule has 0 saturated heterocycles. The number of rotatable bonds is 3. The van der Waals surface area contributed by atoms with Crippen LogP contribution in [-0.2, 0) is 32.5 Å². The molecule has 7 aromatic rings. The lowest BCUT2D eigenvalue weighted by Crippen LogP contribution is -2.61. The molecular weight excluding hydrogens is 820 g/mol. The highest BCUT2D eigenvalue weighted by molar-refractivity contribution is 7.33. The van der Waals surface area contributed by atoms with Crippen LogP contribution in [0.5, 0.6) is 0 Å². The molecule has 0 atom stereocenters. The van der Waals surface area contributed by atoms with Crippen molar-refractivity contribution in [3.63, 3.8) is 0 Å². The summed E-state index contributed by atoms with van der Waals surface area (Å²) in [5, 5.41) is 1.31. The molecule has 6 heteroatoms. The maximum atomic E-state index is 5.88. The fourth-order valence-electron chi connectivity index (χ4n) is 11.9. The Balaban J connectivity index is 1.30. The zero-order valence-corrected chi connectivity index (χ0v) is 42.7. The second kappa shape index (κ2) is 14.2. The highest BCUT2D eigenvalue weighted by atomic mass is 32.1. The minimum Gasteiger partial charge on any atom is -0.310 e. The number of aromatic nitrogens is 2. The molecule has 0 spiro atoms. The molecule has 0 unspecified atom stereocenters. The number of hydrogen-bond donors (Lipinski definition) is 0. The van der Waals surface area contributed by atoms with Gasteiger partial charge in [-0.05, 0) is 163 Å². The van der Waals surface area contributed by atoms with Crippen molar-refractivity contribution in [3.05, 3.63) is 137 Å². The molecule has 2 aliphatic heterocycles. The Labute approximate surface area is 399 Å². The summed E-state index contributed by atoms with van der Waals surface area (Å²) in [6.45, 7) is 33.5. The van der Waals surface area contributed by atoms with Gasteiger partial charge in [-0.25, -0.2) is 4.98 Å². The van der Waals surface area contributed by atoms with Gasteiger partial charge in [-0.2, -0.15) is 0 Å². The van der Waals surface area contributed by atoms with Crippen LogP contribution < -0.4 is 25.5 Å². The second-order valence-corrected chi connectivity index (χ2v) is 26.0. The van der Waals surface area contributed by atoms with E-state index in [0.717, 1.165) is 42.2 Å².